The van der Waals surface area contributed by atoms with Crippen LogP contribution in [0, 0.1) is 23.7 Å². The van der Waals surface area contributed by atoms with Crippen molar-refractivity contribution in [2.45, 2.75) is 46.0 Å². The van der Waals surface area contributed by atoms with Crippen LogP contribution in [0.25, 0.3) is 0 Å². The monoisotopic (exact) mass is 180 g/mol. The predicted octanol–water partition coefficient (Wildman–Crippen LogP) is 3.04. The molecule has 2 fully saturated rings. The third-order valence-corrected chi connectivity index (χ3v) is 4.13. The van der Waals surface area contributed by atoms with E-state index in [4.69, 9.17) is 0 Å². The molecule has 4 atom stereocenters. The zero-order chi connectivity index (χ0) is 9.42. The largest absolute Gasteiger partial charge is 0.300 e. The van der Waals surface area contributed by atoms with Crippen molar-refractivity contribution in [2.24, 2.45) is 23.7 Å². The summed E-state index contributed by atoms with van der Waals surface area (Å²) < 4.78 is 0. The summed E-state index contributed by atoms with van der Waals surface area (Å²) in [4.78, 5) is 11.0. The number of carbonyl (C=O) groups is 1. The molecule has 0 saturated heterocycles. The van der Waals surface area contributed by atoms with Crippen LogP contribution in [0.5, 0.6) is 0 Å². The zero-order valence-electron chi connectivity index (χ0n) is 8.75. The number of ketones is 1. The highest BCUT2D eigenvalue weighted by Gasteiger charge is 2.41. The zero-order valence-corrected chi connectivity index (χ0v) is 8.75. The predicted molar refractivity (Wildman–Crippen MR) is 53.4 cm³/mol. The molecule has 0 aliphatic heterocycles. The molecule has 13 heavy (non-hydrogen) atoms. The average molecular weight is 180 g/mol. The first-order valence-corrected chi connectivity index (χ1v) is 5.66. The minimum absolute atomic E-state index is 0.371. The topological polar surface area (TPSA) is 17.1 Å². The number of Topliss-reactive ketones (excluding diaryl/α,β-unsaturated/α-hetero) is 1. The lowest BCUT2D eigenvalue weighted by molar-refractivity contribution is -0.118. The highest BCUT2D eigenvalue weighted by molar-refractivity contribution is 5.75. The Balaban J connectivity index is 1.91. The van der Waals surface area contributed by atoms with Gasteiger partial charge in [0.2, 0.25) is 0 Å². The Morgan fingerprint density at radius 1 is 1.38 bits per heavy atom. The van der Waals surface area contributed by atoms with Crippen LogP contribution in [0.3, 0.4) is 0 Å². The third kappa shape index (κ3) is 1.79. The third-order valence-electron chi connectivity index (χ3n) is 4.13. The van der Waals surface area contributed by atoms with Crippen LogP contribution in [0.15, 0.2) is 0 Å². The fraction of sp³-hybridized carbons (Fsp3) is 0.917. The van der Waals surface area contributed by atoms with Gasteiger partial charge in [-0.2, -0.15) is 0 Å². The Morgan fingerprint density at radius 3 is 2.62 bits per heavy atom. The van der Waals surface area contributed by atoms with E-state index in [1.807, 2.05) is 0 Å². The van der Waals surface area contributed by atoms with Crippen LogP contribution in [0.2, 0.25) is 0 Å². The highest BCUT2D eigenvalue weighted by atomic mass is 16.1. The molecular weight excluding hydrogens is 160 g/mol. The summed E-state index contributed by atoms with van der Waals surface area (Å²) in [5, 5.41) is 0. The van der Waals surface area contributed by atoms with Crippen molar-refractivity contribution >= 4 is 5.78 Å². The molecule has 1 nitrogen and oxygen atoms in total. The SMILES string of the molecule is CC(=O)CC(C)C1CC2CCC1C2. The summed E-state index contributed by atoms with van der Waals surface area (Å²) in [5.41, 5.74) is 0. The van der Waals surface area contributed by atoms with Gasteiger partial charge < -0.3 is 4.79 Å². The summed E-state index contributed by atoms with van der Waals surface area (Å²) in [6.45, 7) is 4.00. The smallest absolute Gasteiger partial charge is 0.130 e. The van der Waals surface area contributed by atoms with Crippen molar-refractivity contribution in [1.29, 1.82) is 0 Å². The van der Waals surface area contributed by atoms with Gasteiger partial charge in [-0.25, -0.2) is 0 Å². The van der Waals surface area contributed by atoms with Crippen LogP contribution in [-0.2, 0) is 4.79 Å². The lowest BCUT2D eigenvalue weighted by atomic mass is 9.78. The maximum absolute atomic E-state index is 11.0. The quantitative estimate of drug-likeness (QED) is 0.652. The first kappa shape index (κ1) is 9.23. The van der Waals surface area contributed by atoms with E-state index >= 15 is 0 Å². The van der Waals surface area contributed by atoms with E-state index in [-0.39, 0.29) is 0 Å². The Labute approximate surface area is 80.9 Å². The molecule has 1 heteroatoms. The molecule has 74 valence electrons. The maximum atomic E-state index is 11.0. The van der Waals surface area contributed by atoms with Gasteiger partial charge in [0.1, 0.15) is 5.78 Å². The minimum Gasteiger partial charge on any atom is -0.300 e. The highest BCUT2D eigenvalue weighted by Crippen LogP contribution is 2.51. The molecule has 0 radical (unpaired) electrons. The van der Waals surface area contributed by atoms with Gasteiger partial charge in [-0.05, 0) is 49.9 Å². The van der Waals surface area contributed by atoms with E-state index in [0.717, 1.165) is 24.2 Å². The van der Waals surface area contributed by atoms with Crippen LogP contribution < -0.4 is 0 Å². The Kier molecular flexibility index (Phi) is 2.44. The van der Waals surface area contributed by atoms with Crippen molar-refractivity contribution < 1.29 is 4.79 Å². The van der Waals surface area contributed by atoms with E-state index in [2.05, 4.69) is 6.92 Å². The molecule has 0 spiro atoms. The van der Waals surface area contributed by atoms with Gasteiger partial charge in [-0.3, -0.25) is 0 Å². The molecule has 0 N–H and O–H groups in total. The van der Waals surface area contributed by atoms with Gasteiger partial charge in [-0.1, -0.05) is 13.3 Å². The van der Waals surface area contributed by atoms with E-state index in [9.17, 15) is 4.79 Å². The second-order valence-electron chi connectivity index (χ2n) is 5.22. The fourth-order valence-corrected chi connectivity index (χ4v) is 3.60. The maximum Gasteiger partial charge on any atom is 0.130 e. The normalized spacial score (nSPS) is 39.4. The summed E-state index contributed by atoms with van der Waals surface area (Å²) in [6, 6.07) is 0. The number of carbonyl (C=O) groups excluding carboxylic acids is 1. The molecule has 2 rings (SSSR count). The van der Waals surface area contributed by atoms with Gasteiger partial charge in [0.05, 0.1) is 0 Å². The van der Waals surface area contributed by atoms with E-state index in [0.29, 0.717) is 11.7 Å². The number of hydrogen-bond acceptors (Lipinski definition) is 1. The number of rotatable bonds is 3. The van der Waals surface area contributed by atoms with Gasteiger partial charge in [0, 0.05) is 6.42 Å². The Bertz CT molecular complexity index is 209. The lowest BCUT2D eigenvalue weighted by Gasteiger charge is -2.27. The number of hydrogen-bond donors (Lipinski definition) is 0. The molecule has 2 aliphatic rings. The summed E-state index contributed by atoms with van der Waals surface area (Å²) in [5.74, 6) is 3.88. The molecule has 0 aromatic rings. The number of fused-ring (bicyclic) bond motifs is 2. The first-order chi connectivity index (χ1) is 6.16. The standard InChI is InChI=1S/C12H20O/c1-8(5-9(2)13)12-7-10-3-4-11(12)6-10/h8,10-12H,3-7H2,1-2H3. The molecule has 4 unspecified atom stereocenters. The molecule has 2 bridgehead atoms. The van der Waals surface area contributed by atoms with Crippen LogP contribution in [0.4, 0.5) is 0 Å². The summed E-state index contributed by atoms with van der Waals surface area (Å²) in [7, 11) is 0. The van der Waals surface area contributed by atoms with Crippen LogP contribution >= 0.6 is 0 Å². The van der Waals surface area contributed by atoms with Crippen molar-refractivity contribution in [2.75, 3.05) is 0 Å². The Hall–Kier alpha value is -0.330. The van der Waals surface area contributed by atoms with Crippen molar-refractivity contribution in [3.8, 4) is 0 Å². The van der Waals surface area contributed by atoms with Crippen LogP contribution in [0.1, 0.15) is 46.0 Å². The molecule has 0 aromatic heterocycles. The van der Waals surface area contributed by atoms with E-state index in [1.165, 1.54) is 25.7 Å². The minimum atomic E-state index is 0.371. The van der Waals surface area contributed by atoms with Gasteiger partial charge in [0.15, 0.2) is 0 Å². The molecule has 0 heterocycles. The van der Waals surface area contributed by atoms with Crippen molar-refractivity contribution in [1.82, 2.24) is 0 Å². The summed E-state index contributed by atoms with van der Waals surface area (Å²) in [6.07, 6.45) is 6.60. The average Bonchev–Trinajstić information content (AvgIpc) is 2.62. The lowest BCUT2D eigenvalue weighted by Crippen LogP contribution is -2.20. The summed E-state index contributed by atoms with van der Waals surface area (Å²) >= 11 is 0. The molecule has 2 aliphatic carbocycles. The van der Waals surface area contributed by atoms with Gasteiger partial charge >= 0.3 is 0 Å². The molecular formula is C12H20O. The second kappa shape index (κ2) is 3.43. The second-order valence-corrected chi connectivity index (χ2v) is 5.22. The van der Waals surface area contributed by atoms with Gasteiger partial charge in [0.25, 0.3) is 0 Å². The molecule has 0 aromatic carbocycles. The van der Waals surface area contributed by atoms with Crippen LogP contribution in [-0.4, -0.2) is 5.78 Å². The fourth-order valence-electron chi connectivity index (χ4n) is 3.60. The first-order valence-electron chi connectivity index (χ1n) is 5.66. The molecule has 0 amide bonds. The van der Waals surface area contributed by atoms with Gasteiger partial charge in [-0.15, -0.1) is 0 Å². The van der Waals surface area contributed by atoms with Crippen molar-refractivity contribution in [3.05, 3.63) is 0 Å². The molecule has 2 saturated carbocycles. The van der Waals surface area contributed by atoms with E-state index in [1.54, 1.807) is 6.92 Å². The Morgan fingerprint density at radius 2 is 2.15 bits per heavy atom. The van der Waals surface area contributed by atoms with Crippen molar-refractivity contribution in [3.63, 3.8) is 0 Å². The van der Waals surface area contributed by atoms with E-state index < -0.39 is 0 Å².